The fraction of sp³-hybridized carbons (Fsp3) is 0.0698. The smallest absolute Gasteiger partial charge is 0.164 e. The molecular weight excluding hydrogens is 573 g/mol. The van der Waals surface area contributed by atoms with Crippen LogP contribution < -0.4 is 0 Å². The molecule has 0 unspecified atom stereocenters. The maximum atomic E-state index is 9.47. The molecule has 6 aromatic carbocycles. The van der Waals surface area contributed by atoms with Crippen molar-refractivity contribution < 1.29 is 0 Å². The van der Waals surface area contributed by atoms with E-state index in [0.29, 0.717) is 23.0 Å². The third kappa shape index (κ3) is 4.99. The topological polar surface area (TPSA) is 62.5 Å². The summed E-state index contributed by atoms with van der Waals surface area (Å²) in [5, 5.41) is 9.47. The second kappa shape index (κ2) is 11.3. The monoisotopic (exact) mass is 602 g/mol. The maximum absolute atomic E-state index is 9.47. The molecule has 0 amide bonds. The van der Waals surface area contributed by atoms with Crippen molar-refractivity contribution in [2.45, 2.75) is 19.3 Å². The Morgan fingerprint density at radius 3 is 1.74 bits per heavy atom. The van der Waals surface area contributed by atoms with Crippen LogP contribution in [0, 0.1) is 11.3 Å². The number of benzene rings is 6. The van der Waals surface area contributed by atoms with Crippen molar-refractivity contribution in [3.8, 4) is 73.6 Å². The minimum atomic E-state index is -0.0852. The Balaban J connectivity index is 1.17. The Morgan fingerprint density at radius 2 is 0.979 bits per heavy atom. The maximum Gasteiger partial charge on any atom is 0.164 e. The van der Waals surface area contributed by atoms with Gasteiger partial charge < -0.3 is 0 Å². The quantitative estimate of drug-likeness (QED) is 0.197. The van der Waals surface area contributed by atoms with Gasteiger partial charge in [-0.3, -0.25) is 0 Å². The van der Waals surface area contributed by atoms with Crippen molar-refractivity contribution in [3.05, 3.63) is 162 Å². The Kier molecular flexibility index (Phi) is 6.82. The molecule has 0 spiro atoms. The number of rotatable bonds is 5. The van der Waals surface area contributed by atoms with Gasteiger partial charge in [-0.15, -0.1) is 0 Å². The molecule has 47 heavy (non-hydrogen) atoms. The SMILES string of the molecule is CC1(C)c2ccccc2-c2cccc(-c3cccc(-c4ccc(-c5nc(-c6ccccc6)nc(-c6cccc(C#N)c6)n5)cc4)c3)c21. The van der Waals surface area contributed by atoms with Crippen molar-refractivity contribution >= 4 is 0 Å². The predicted molar refractivity (Wildman–Crippen MR) is 189 cm³/mol. The van der Waals surface area contributed by atoms with Crippen LogP contribution in [-0.4, -0.2) is 15.0 Å². The first-order chi connectivity index (χ1) is 23.0. The van der Waals surface area contributed by atoms with Gasteiger partial charge in [0.15, 0.2) is 17.5 Å². The first kappa shape index (κ1) is 28.3. The summed E-state index contributed by atoms with van der Waals surface area (Å²) in [5.41, 5.74) is 13.2. The van der Waals surface area contributed by atoms with Crippen LogP contribution in [0.4, 0.5) is 0 Å². The number of hydrogen-bond donors (Lipinski definition) is 0. The summed E-state index contributed by atoms with van der Waals surface area (Å²) < 4.78 is 0. The summed E-state index contributed by atoms with van der Waals surface area (Å²) in [6.45, 7) is 4.67. The van der Waals surface area contributed by atoms with E-state index in [-0.39, 0.29) is 5.41 Å². The van der Waals surface area contributed by atoms with Crippen molar-refractivity contribution in [1.29, 1.82) is 5.26 Å². The molecule has 0 radical (unpaired) electrons. The second-order valence-corrected chi connectivity index (χ2v) is 12.4. The highest BCUT2D eigenvalue weighted by molar-refractivity contribution is 5.89. The Hall–Kier alpha value is -6.18. The fourth-order valence-corrected chi connectivity index (χ4v) is 6.84. The highest BCUT2D eigenvalue weighted by Crippen LogP contribution is 2.52. The Morgan fingerprint density at radius 1 is 0.447 bits per heavy atom. The van der Waals surface area contributed by atoms with E-state index in [2.05, 4.69) is 111 Å². The molecule has 0 aliphatic heterocycles. The lowest BCUT2D eigenvalue weighted by atomic mass is 9.78. The lowest BCUT2D eigenvalue weighted by molar-refractivity contribution is 0.662. The molecule has 0 atom stereocenters. The van der Waals surface area contributed by atoms with E-state index >= 15 is 0 Å². The van der Waals surface area contributed by atoms with Gasteiger partial charge in [0.25, 0.3) is 0 Å². The summed E-state index contributed by atoms with van der Waals surface area (Å²) in [7, 11) is 0. The van der Waals surface area contributed by atoms with Gasteiger partial charge in [-0.1, -0.05) is 141 Å². The molecule has 1 heterocycles. The summed E-state index contributed by atoms with van der Waals surface area (Å²) in [4.78, 5) is 14.5. The van der Waals surface area contributed by atoms with Crippen LogP contribution in [0.1, 0.15) is 30.5 Å². The van der Waals surface area contributed by atoms with Crippen LogP contribution in [0.2, 0.25) is 0 Å². The number of fused-ring (bicyclic) bond motifs is 3. The lowest BCUT2D eigenvalue weighted by Gasteiger charge is -2.24. The van der Waals surface area contributed by atoms with E-state index in [9.17, 15) is 5.26 Å². The molecule has 0 N–H and O–H groups in total. The van der Waals surface area contributed by atoms with Crippen molar-refractivity contribution in [2.24, 2.45) is 0 Å². The second-order valence-electron chi connectivity index (χ2n) is 12.4. The average Bonchev–Trinajstić information content (AvgIpc) is 3.38. The fourth-order valence-electron chi connectivity index (χ4n) is 6.84. The van der Waals surface area contributed by atoms with Gasteiger partial charge in [0.05, 0.1) is 11.6 Å². The molecular formula is C43H30N4. The molecule has 7 aromatic rings. The van der Waals surface area contributed by atoms with Gasteiger partial charge in [0.1, 0.15) is 0 Å². The van der Waals surface area contributed by atoms with Crippen LogP contribution in [0.15, 0.2) is 146 Å². The minimum Gasteiger partial charge on any atom is -0.208 e. The van der Waals surface area contributed by atoms with Gasteiger partial charge in [-0.2, -0.15) is 5.26 Å². The zero-order chi connectivity index (χ0) is 32.0. The molecule has 0 saturated carbocycles. The normalized spacial score (nSPS) is 12.6. The third-order valence-electron chi connectivity index (χ3n) is 9.15. The lowest BCUT2D eigenvalue weighted by Crippen LogP contribution is -2.16. The summed E-state index contributed by atoms with van der Waals surface area (Å²) in [6.07, 6.45) is 0. The molecule has 1 aromatic heterocycles. The molecule has 8 rings (SSSR count). The van der Waals surface area contributed by atoms with E-state index in [1.165, 1.54) is 33.4 Å². The van der Waals surface area contributed by atoms with Gasteiger partial charge in [-0.05, 0) is 62.7 Å². The van der Waals surface area contributed by atoms with Crippen molar-refractivity contribution in [3.63, 3.8) is 0 Å². The number of nitriles is 1. The zero-order valence-electron chi connectivity index (χ0n) is 26.1. The highest BCUT2D eigenvalue weighted by Gasteiger charge is 2.37. The first-order valence-electron chi connectivity index (χ1n) is 15.8. The summed E-state index contributed by atoms with van der Waals surface area (Å²) in [5.74, 6) is 1.70. The molecule has 0 saturated heterocycles. The molecule has 0 bridgehead atoms. The van der Waals surface area contributed by atoms with Crippen LogP contribution >= 0.6 is 0 Å². The molecule has 0 fully saturated rings. The van der Waals surface area contributed by atoms with E-state index < -0.39 is 0 Å². The number of hydrogen-bond acceptors (Lipinski definition) is 4. The van der Waals surface area contributed by atoms with Gasteiger partial charge in [0, 0.05) is 22.1 Å². The van der Waals surface area contributed by atoms with Crippen LogP contribution in [0.25, 0.3) is 67.5 Å². The van der Waals surface area contributed by atoms with Gasteiger partial charge >= 0.3 is 0 Å². The van der Waals surface area contributed by atoms with Gasteiger partial charge in [0.2, 0.25) is 0 Å². The predicted octanol–water partition coefficient (Wildman–Crippen LogP) is 10.4. The molecule has 222 valence electrons. The largest absolute Gasteiger partial charge is 0.208 e. The van der Waals surface area contributed by atoms with E-state index in [4.69, 9.17) is 15.0 Å². The van der Waals surface area contributed by atoms with E-state index in [0.717, 1.165) is 27.8 Å². The molecule has 1 aliphatic carbocycles. The first-order valence-corrected chi connectivity index (χ1v) is 15.8. The van der Waals surface area contributed by atoms with Crippen molar-refractivity contribution in [1.82, 2.24) is 15.0 Å². The van der Waals surface area contributed by atoms with Gasteiger partial charge in [-0.25, -0.2) is 15.0 Å². The molecule has 4 heteroatoms. The van der Waals surface area contributed by atoms with Crippen LogP contribution in [-0.2, 0) is 5.41 Å². The standard InChI is InChI=1S/C43H30N4/c1-43(2)38-20-7-6-17-36(38)37-19-10-18-35(39(37)43)33-15-9-14-32(26-33)29-21-23-31(24-22-29)41-45-40(30-12-4-3-5-13-30)46-42(47-41)34-16-8-11-28(25-34)27-44/h3-26H,1-2H3. The molecule has 1 aliphatic rings. The molecule has 4 nitrogen and oxygen atoms in total. The minimum absolute atomic E-state index is 0.0852. The Bertz CT molecular complexity index is 2330. The van der Waals surface area contributed by atoms with E-state index in [1.54, 1.807) is 6.07 Å². The zero-order valence-corrected chi connectivity index (χ0v) is 26.1. The van der Waals surface area contributed by atoms with Crippen molar-refractivity contribution in [2.75, 3.05) is 0 Å². The van der Waals surface area contributed by atoms with E-state index in [1.807, 2.05) is 48.5 Å². The average molecular weight is 603 g/mol. The summed E-state index contributed by atoms with van der Waals surface area (Å²) in [6, 6.07) is 52.2. The number of aromatic nitrogens is 3. The van der Waals surface area contributed by atoms with Crippen LogP contribution in [0.5, 0.6) is 0 Å². The third-order valence-corrected chi connectivity index (χ3v) is 9.15. The highest BCUT2D eigenvalue weighted by atomic mass is 15.0. The summed E-state index contributed by atoms with van der Waals surface area (Å²) >= 11 is 0. The van der Waals surface area contributed by atoms with Crippen LogP contribution in [0.3, 0.4) is 0 Å². The Labute approximate surface area is 274 Å². The number of nitrogens with zero attached hydrogens (tertiary/aromatic N) is 4.